The second-order valence-corrected chi connectivity index (χ2v) is 5.52. The molecule has 1 fully saturated rings. The topological polar surface area (TPSA) is 142 Å². The molecule has 0 amide bonds. The molecule has 1 aliphatic heterocycles. The number of ether oxygens (including phenoxy) is 2. The smallest absolute Gasteiger partial charge is 0.323 e. The average molecular weight is 327 g/mol. The van der Waals surface area contributed by atoms with Gasteiger partial charge in [-0.05, 0) is 12.0 Å². The van der Waals surface area contributed by atoms with Crippen molar-refractivity contribution >= 4 is 5.97 Å². The van der Waals surface area contributed by atoms with Crippen LogP contribution < -0.4 is 5.73 Å². The van der Waals surface area contributed by atoms with Gasteiger partial charge < -0.3 is 35.6 Å². The van der Waals surface area contributed by atoms with Crippen LogP contribution in [0.4, 0.5) is 0 Å². The predicted molar refractivity (Wildman–Crippen MR) is 78.0 cm³/mol. The van der Waals surface area contributed by atoms with Gasteiger partial charge in [0.25, 0.3) is 0 Å². The van der Waals surface area contributed by atoms with Gasteiger partial charge in [0.15, 0.2) is 0 Å². The lowest BCUT2D eigenvalue weighted by molar-refractivity contribution is -0.253. The van der Waals surface area contributed by atoms with Crippen molar-refractivity contribution in [3.63, 3.8) is 0 Å². The Hall–Kier alpha value is -1.55. The molecule has 1 aromatic carbocycles. The summed E-state index contributed by atoms with van der Waals surface area (Å²) < 4.78 is 9.84. The zero-order valence-electron chi connectivity index (χ0n) is 12.4. The maximum Gasteiger partial charge on any atom is 0.323 e. The minimum atomic E-state index is -2.28. The van der Waals surface area contributed by atoms with Crippen molar-refractivity contribution < 1.29 is 34.7 Å². The molecular formula is C15H21NO7. The van der Waals surface area contributed by atoms with E-state index in [0.29, 0.717) is 0 Å². The molecule has 1 saturated heterocycles. The highest BCUT2D eigenvalue weighted by Crippen LogP contribution is 2.29. The lowest BCUT2D eigenvalue weighted by atomic mass is 10.1. The highest BCUT2D eigenvalue weighted by molar-refractivity contribution is 5.75. The minimum Gasteiger partial charge on any atom is -0.459 e. The van der Waals surface area contributed by atoms with Gasteiger partial charge in [0.2, 0.25) is 5.79 Å². The first-order valence-electron chi connectivity index (χ1n) is 7.20. The van der Waals surface area contributed by atoms with Crippen molar-refractivity contribution in [1.82, 2.24) is 0 Å². The molecule has 128 valence electrons. The fourth-order valence-electron chi connectivity index (χ4n) is 2.37. The van der Waals surface area contributed by atoms with E-state index < -0.39 is 49.3 Å². The van der Waals surface area contributed by atoms with E-state index in [-0.39, 0.29) is 6.42 Å². The molecule has 1 aliphatic rings. The molecule has 8 heteroatoms. The molecule has 23 heavy (non-hydrogen) atoms. The zero-order chi connectivity index (χ0) is 17.0. The molecule has 2 rings (SSSR count). The molecule has 0 aliphatic carbocycles. The maximum absolute atomic E-state index is 11.9. The number of nitrogens with two attached hydrogens (primary N) is 1. The molecule has 8 nitrogen and oxygen atoms in total. The van der Waals surface area contributed by atoms with E-state index in [4.69, 9.17) is 20.3 Å². The summed E-state index contributed by atoms with van der Waals surface area (Å²) in [5, 5.41) is 38.4. The van der Waals surface area contributed by atoms with Crippen molar-refractivity contribution in [2.24, 2.45) is 5.73 Å². The van der Waals surface area contributed by atoms with E-state index in [1.54, 1.807) is 0 Å². The molecule has 1 heterocycles. The summed E-state index contributed by atoms with van der Waals surface area (Å²) in [7, 11) is 0. The van der Waals surface area contributed by atoms with Crippen LogP contribution in [0.3, 0.4) is 0 Å². The number of esters is 1. The predicted octanol–water partition coefficient (Wildman–Crippen LogP) is -2.10. The number of benzene rings is 1. The SMILES string of the molecule is NC(Cc1ccccc1)C(=O)OCC1(O)OC(CO)C(O)C1O. The van der Waals surface area contributed by atoms with E-state index in [2.05, 4.69) is 0 Å². The largest absolute Gasteiger partial charge is 0.459 e. The monoisotopic (exact) mass is 327 g/mol. The van der Waals surface area contributed by atoms with Gasteiger partial charge in [-0.25, -0.2) is 0 Å². The van der Waals surface area contributed by atoms with Gasteiger partial charge in [-0.15, -0.1) is 0 Å². The first-order valence-corrected chi connectivity index (χ1v) is 7.20. The third-order valence-electron chi connectivity index (χ3n) is 3.72. The van der Waals surface area contributed by atoms with Gasteiger partial charge in [0.05, 0.1) is 6.61 Å². The van der Waals surface area contributed by atoms with Crippen LogP contribution in [0.2, 0.25) is 0 Å². The average Bonchev–Trinajstić information content (AvgIpc) is 2.78. The van der Waals surface area contributed by atoms with Crippen LogP contribution in [0.1, 0.15) is 5.56 Å². The minimum absolute atomic E-state index is 0.253. The number of carbonyl (C=O) groups is 1. The van der Waals surface area contributed by atoms with Gasteiger partial charge >= 0.3 is 5.97 Å². The first-order chi connectivity index (χ1) is 10.9. The van der Waals surface area contributed by atoms with Crippen molar-refractivity contribution in [3.8, 4) is 0 Å². The number of rotatable bonds is 6. The van der Waals surface area contributed by atoms with Gasteiger partial charge in [0, 0.05) is 0 Å². The lowest BCUT2D eigenvalue weighted by Crippen LogP contribution is -2.48. The number of aliphatic hydroxyl groups is 4. The number of aliphatic hydroxyl groups excluding tert-OH is 3. The zero-order valence-corrected chi connectivity index (χ0v) is 12.4. The molecule has 5 atom stereocenters. The van der Waals surface area contributed by atoms with Crippen molar-refractivity contribution in [3.05, 3.63) is 35.9 Å². The Morgan fingerprint density at radius 1 is 1.35 bits per heavy atom. The van der Waals surface area contributed by atoms with Crippen molar-refractivity contribution in [2.75, 3.05) is 13.2 Å². The summed E-state index contributed by atoms with van der Waals surface area (Å²) in [6.45, 7) is -1.30. The van der Waals surface area contributed by atoms with Crippen molar-refractivity contribution in [1.29, 1.82) is 0 Å². The second-order valence-electron chi connectivity index (χ2n) is 5.52. The standard InChI is InChI=1S/C15H21NO7/c16-10(6-9-4-2-1-3-5-9)14(20)22-8-15(21)13(19)12(18)11(7-17)23-15/h1-5,10-13,17-19,21H,6-8,16H2. The second kappa shape index (κ2) is 7.35. The Morgan fingerprint density at radius 2 is 2.00 bits per heavy atom. The number of hydrogen-bond acceptors (Lipinski definition) is 8. The van der Waals surface area contributed by atoms with Gasteiger partial charge in [-0.2, -0.15) is 0 Å². The molecule has 5 unspecified atom stereocenters. The summed E-state index contributed by atoms with van der Waals surface area (Å²) >= 11 is 0. The Balaban J connectivity index is 1.88. The number of hydrogen-bond donors (Lipinski definition) is 5. The Morgan fingerprint density at radius 3 is 2.57 bits per heavy atom. The Labute approximate surface area is 133 Å². The summed E-state index contributed by atoms with van der Waals surface area (Å²) in [6, 6.07) is 8.15. The molecule has 0 bridgehead atoms. The summed E-state index contributed by atoms with van der Waals surface area (Å²) in [5.41, 5.74) is 6.59. The van der Waals surface area contributed by atoms with Gasteiger partial charge in [-0.1, -0.05) is 30.3 Å². The van der Waals surface area contributed by atoms with Gasteiger partial charge in [-0.3, -0.25) is 4.79 Å². The fraction of sp³-hybridized carbons (Fsp3) is 0.533. The highest BCUT2D eigenvalue weighted by Gasteiger charge is 2.54. The van der Waals surface area contributed by atoms with Crippen LogP contribution in [0.25, 0.3) is 0 Å². The lowest BCUT2D eigenvalue weighted by Gasteiger charge is -2.26. The quantitative estimate of drug-likeness (QED) is 0.374. The van der Waals surface area contributed by atoms with E-state index in [9.17, 15) is 20.1 Å². The summed E-state index contributed by atoms with van der Waals surface area (Å²) in [4.78, 5) is 11.9. The van der Waals surface area contributed by atoms with E-state index in [1.807, 2.05) is 30.3 Å². The number of carbonyl (C=O) groups excluding carboxylic acids is 1. The van der Waals surface area contributed by atoms with Crippen LogP contribution in [0.15, 0.2) is 30.3 Å². The van der Waals surface area contributed by atoms with Crippen LogP contribution in [0.5, 0.6) is 0 Å². The first kappa shape index (κ1) is 17.8. The van der Waals surface area contributed by atoms with E-state index in [1.165, 1.54) is 0 Å². The molecular weight excluding hydrogens is 306 g/mol. The molecule has 0 saturated carbocycles. The van der Waals surface area contributed by atoms with E-state index >= 15 is 0 Å². The fourth-order valence-corrected chi connectivity index (χ4v) is 2.37. The highest BCUT2D eigenvalue weighted by atomic mass is 16.7. The molecule has 0 aromatic heterocycles. The molecule has 1 aromatic rings. The summed E-state index contributed by atoms with van der Waals surface area (Å²) in [6.07, 6.45) is -4.10. The molecule has 0 radical (unpaired) electrons. The van der Waals surface area contributed by atoms with Crippen LogP contribution in [-0.2, 0) is 20.7 Å². The Kier molecular flexibility index (Phi) is 5.69. The normalized spacial score (nSPS) is 31.8. The molecule has 6 N–H and O–H groups in total. The maximum atomic E-state index is 11.9. The summed E-state index contributed by atoms with van der Waals surface area (Å²) in [5.74, 6) is -3.06. The van der Waals surface area contributed by atoms with Crippen LogP contribution in [0, 0.1) is 0 Å². The third-order valence-corrected chi connectivity index (χ3v) is 3.72. The molecule has 0 spiro atoms. The Bertz CT molecular complexity index is 526. The van der Waals surface area contributed by atoms with Crippen LogP contribution in [-0.4, -0.2) is 69.8 Å². The van der Waals surface area contributed by atoms with E-state index in [0.717, 1.165) is 5.56 Å². The van der Waals surface area contributed by atoms with Crippen molar-refractivity contribution in [2.45, 2.75) is 36.6 Å². The van der Waals surface area contributed by atoms with Gasteiger partial charge in [0.1, 0.15) is 31.0 Å². The third kappa shape index (κ3) is 4.05. The van der Waals surface area contributed by atoms with Crippen LogP contribution >= 0.6 is 0 Å².